The molecule has 0 rings (SSSR count). The fourth-order valence-electron chi connectivity index (χ4n) is 0.343. The van der Waals surface area contributed by atoms with Crippen LogP contribution in [0.4, 0.5) is 0 Å². The highest BCUT2D eigenvalue weighted by Crippen LogP contribution is 1.84. The minimum Gasteiger partial charge on any atom is -0.265 e. The third kappa shape index (κ3) is 4.74. The van der Waals surface area contributed by atoms with Gasteiger partial charge in [0, 0.05) is 5.70 Å². The van der Waals surface area contributed by atoms with E-state index in [1.165, 1.54) is 0 Å². The van der Waals surface area contributed by atoms with Crippen LogP contribution in [-0.4, -0.2) is 7.05 Å². The monoisotopic (exact) mass is 125 g/mol. The van der Waals surface area contributed by atoms with Crippen LogP contribution in [0.15, 0.2) is 34.8 Å². The zero-order chi connectivity index (χ0) is 7.11. The first-order chi connectivity index (χ1) is 4.31. The highest BCUT2D eigenvalue weighted by atomic mass is 15.4. The van der Waals surface area contributed by atoms with Crippen molar-refractivity contribution in [3.05, 3.63) is 24.4 Å². The lowest BCUT2D eigenvalue weighted by Crippen LogP contribution is -1.98. The third-order valence-electron chi connectivity index (χ3n) is 0.694. The van der Waals surface area contributed by atoms with Gasteiger partial charge in [0.25, 0.3) is 0 Å². The van der Waals surface area contributed by atoms with Gasteiger partial charge in [0.05, 0.1) is 7.05 Å². The molecule has 0 aliphatic rings. The van der Waals surface area contributed by atoms with Crippen molar-refractivity contribution >= 4 is 0 Å². The summed E-state index contributed by atoms with van der Waals surface area (Å²) in [6.07, 6.45) is 3.50. The Morgan fingerprint density at radius 3 is 2.78 bits per heavy atom. The smallest absolute Gasteiger partial charge is 0.0509 e. The summed E-state index contributed by atoms with van der Waals surface area (Å²) in [5, 5.41) is 7.05. The van der Waals surface area contributed by atoms with Crippen molar-refractivity contribution in [1.82, 2.24) is 5.43 Å². The molecule has 3 heteroatoms. The van der Waals surface area contributed by atoms with Crippen LogP contribution in [0.1, 0.15) is 6.92 Å². The van der Waals surface area contributed by atoms with Crippen LogP contribution in [0, 0.1) is 0 Å². The highest BCUT2D eigenvalue weighted by Gasteiger charge is 1.77. The first-order valence-corrected chi connectivity index (χ1v) is 2.65. The summed E-state index contributed by atoms with van der Waals surface area (Å²) in [5.74, 6) is 0. The lowest BCUT2D eigenvalue weighted by atomic mass is 10.4. The Morgan fingerprint density at radius 2 is 2.33 bits per heavy atom. The van der Waals surface area contributed by atoms with Gasteiger partial charge in [-0.3, -0.25) is 5.43 Å². The molecule has 50 valence electrons. The van der Waals surface area contributed by atoms with Crippen molar-refractivity contribution in [1.29, 1.82) is 0 Å². The topological polar surface area (TPSA) is 36.8 Å². The fraction of sp³-hybridized carbons (Fsp3) is 0.333. The molecule has 0 bridgehead atoms. The summed E-state index contributed by atoms with van der Waals surface area (Å²) in [5.41, 5.74) is 3.61. The van der Waals surface area contributed by atoms with E-state index >= 15 is 0 Å². The molecule has 0 spiro atoms. The second-order valence-electron chi connectivity index (χ2n) is 1.50. The molecule has 0 radical (unpaired) electrons. The largest absolute Gasteiger partial charge is 0.265 e. The van der Waals surface area contributed by atoms with Gasteiger partial charge in [-0.25, -0.2) is 0 Å². The van der Waals surface area contributed by atoms with E-state index in [2.05, 4.69) is 22.3 Å². The Kier molecular flexibility index (Phi) is 4.40. The van der Waals surface area contributed by atoms with Crippen LogP contribution in [0.5, 0.6) is 0 Å². The number of rotatable bonds is 3. The predicted molar refractivity (Wildman–Crippen MR) is 37.9 cm³/mol. The molecule has 0 saturated carbocycles. The summed E-state index contributed by atoms with van der Waals surface area (Å²) in [6, 6.07) is 0. The van der Waals surface area contributed by atoms with E-state index in [4.69, 9.17) is 0 Å². The Hall–Kier alpha value is -1.12. The maximum Gasteiger partial charge on any atom is 0.0509 e. The number of nitrogens with one attached hydrogen (secondary N) is 1. The molecule has 0 aliphatic heterocycles. The molecule has 1 N–H and O–H groups in total. The van der Waals surface area contributed by atoms with Gasteiger partial charge in [-0.2, -0.15) is 5.11 Å². The molecular weight excluding hydrogens is 114 g/mol. The van der Waals surface area contributed by atoms with Gasteiger partial charge >= 0.3 is 0 Å². The summed E-state index contributed by atoms with van der Waals surface area (Å²) in [6.45, 7) is 5.41. The Labute approximate surface area is 55.2 Å². The molecule has 0 atom stereocenters. The van der Waals surface area contributed by atoms with E-state index in [9.17, 15) is 0 Å². The van der Waals surface area contributed by atoms with Crippen LogP contribution in [0.2, 0.25) is 0 Å². The predicted octanol–water partition coefficient (Wildman–Crippen LogP) is 1.66. The molecule has 0 unspecified atom stereocenters. The molecule has 0 aromatic rings. The molecule has 0 aromatic heterocycles. The number of allylic oxidation sites excluding steroid dienone is 3. The first kappa shape index (κ1) is 7.88. The zero-order valence-corrected chi connectivity index (χ0v) is 5.76. The lowest BCUT2D eigenvalue weighted by Gasteiger charge is -1.92. The van der Waals surface area contributed by atoms with Crippen LogP contribution in [0.3, 0.4) is 0 Å². The van der Waals surface area contributed by atoms with Gasteiger partial charge in [-0.1, -0.05) is 17.9 Å². The van der Waals surface area contributed by atoms with Crippen LogP contribution in [0.25, 0.3) is 0 Å². The second-order valence-corrected chi connectivity index (χ2v) is 1.50. The normalized spacial score (nSPS) is 12.0. The van der Waals surface area contributed by atoms with Crippen molar-refractivity contribution in [3.8, 4) is 0 Å². The standard InChI is InChI=1S/C6H11N3/c1-4-5-6(2)8-9-7-3/h4-5H,1H2,2-3H3,(H,7,8)/b6-5+. The molecular formula is C6H11N3. The summed E-state index contributed by atoms with van der Waals surface area (Å²) in [7, 11) is 1.61. The van der Waals surface area contributed by atoms with E-state index in [0.29, 0.717) is 0 Å². The van der Waals surface area contributed by atoms with Crippen molar-refractivity contribution in [2.75, 3.05) is 7.05 Å². The summed E-state index contributed by atoms with van der Waals surface area (Å²) in [4.78, 5) is 0. The van der Waals surface area contributed by atoms with Crippen LogP contribution in [-0.2, 0) is 0 Å². The zero-order valence-electron chi connectivity index (χ0n) is 5.76. The van der Waals surface area contributed by atoms with Crippen LogP contribution < -0.4 is 5.43 Å². The third-order valence-corrected chi connectivity index (χ3v) is 0.694. The minimum atomic E-state index is 0.926. The highest BCUT2D eigenvalue weighted by molar-refractivity contribution is 5.04. The summed E-state index contributed by atoms with van der Waals surface area (Å²) >= 11 is 0. The molecule has 9 heavy (non-hydrogen) atoms. The average Bonchev–Trinajstić information content (AvgIpc) is 1.85. The van der Waals surface area contributed by atoms with Gasteiger partial charge < -0.3 is 0 Å². The van der Waals surface area contributed by atoms with Crippen molar-refractivity contribution in [2.45, 2.75) is 6.92 Å². The van der Waals surface area contributed by atoms with Gasteiger partial charge in [-0.05, 0) is 13.0 Å². The molecule has 3 nitrogen and oxygen atoms in total. The fourth-order valence-corrected chi connectivity index (χ4v) is 0.343. The first-order valence-electron chi connectivity index (χ1n) is 2.65. The van der Waals surface area contributed by atoms with E-state index in [1.807, 2.05) is 13.0 Å². The Morgan fingerprint density at radius 1 is 1.67 bits per heavy atom. The number of hydrogen-bond donors (Lipinski definition) is 1. The average molecular weight is 125 g/mol. The number of nitrogens with zero attached hydrogens (tertiary/aromatic N) is 2. The van der Waals surface area contributed by atoms with E-state index in [-0.39, 0.29) is 0 Å². The van der Waals surface area contributed by atoms with E-state index in [1.54, 1.807) is 13.1 Å². The maximum absolute atomic E-state index is 3.55. The number of hydrogen-bond acceptors (Lipinski definition) is 2. The lowest BCUT2D eigenvalue weighted by molar-refractivity contribution is 0.802. The van der Waals surface area contributed by atoms with Crippen molar-refractivity contribution in [3.63, 3.8) is 0 Å². The quantitative estimate of drug-likeness (QED) is 0.347. The minimum absolute atomic E-state index is 0.926. The van der Waals surface area contributed by atoms with Gasteiger partial charge in [0.15, 0.2) is 0 Å². The van der Waals surface area contributed by atoms with E-state index < -0.39 is 0 Å². The SMILES string of the molecule is C=C/C=C(\C)N/N=N\C. The molecule has 0 aliphatic carbocycles. The van der Waals surface area contributed by atoms with Gasteiger partial charge in [0.2, 0.25) is 0 Å². The Balaban J connectivity index is 3.61. The van der Waals surface area contributed by atoms with Crippen LogP contribution >= 0.6 is 0 Å². The van der Waals surface area contributed by atoms with Gasteiger partial charge in [0.1, 0.15) is 0 Å². The Bertz CT molecular complexity index is 135. The molecule has 0 aromatic carbocycles. The molecule has 0 saturated heterocycles. The molecule has 0 heterocycles. The molecule has 0 amide bonds. The van der Waals surface area contributed by atoms with E-state index in [0.717, 1.165) is 5.70 Å². The molecule has 0 fully saturated rings. The van der Waals surface area contributed by atoms with Crippen molar-refractivity contribution < 1.29 is 0 Å². The second kappa shape index (κ2) is 5.03. The maximum atomic E-state index is 3.55. The van der Waals surface area contributed by atoms with Gasteiger partial charge in [-0.15, -0.1) is 0 Å². The summed E-state index contributed by atoms with van der Waals surface area (Å²) < 4.78 is 0. The van der Waals surface area contributed by atoms with Crippen molar-refractivity contribution in [2.24, 2.45) is 10.3 Å².